The minimum absolute atomic E-state index is 0.0330. The van der Waals surface area contributed by atoms with Gasteiger partial charge in [-0.05, 0) is 30.9 Å². The Morgan fingerprint density at radius 3 is 1.93 bits per heavy atom. The molecule has 0 amide bonds. The Hall–Kier alpha value is -1.45. The van der Waals surface area contributed by atoms with E-state index in [2.05, 4.69) is 0 Å². The zero-order valence-corrected chi connectivity index (χ0v) is 15.4. The maximum atomic E-state index is 14.1. The van der Waals surface area contributed by atoms with Crippen LogP contribution in [0.5, 0.6) is 0 Å². The van der Waals surface area contributed by atoms with Crippen LogP contribution in [-0.4, -0.2) is 31.1 Å². The monoisotopic (exact) mass is 424 g/mol. The van der Waals surface area contributed by atoms with Crippen molar-refractivity contribution in [3.8, 4) is 0 Å². The fraction of sp³-hybridized carbons (Fsp3) is 0.667. The summed E-state index contributed by atoms with van der Waals surface area (Å²) in [6.45, 7) is 2.84. The van der Waals surface area contributed by atoms with E-state index in [0.717, 1.165) is 26.9 Å². The minimum atomic E-state index is -6.92. The second kappa shape index (κ2) is 8.12. The van der Waals surface area contributed by atoms with Crippen LogP contribution in [0.3, 0.4) is 0 Å². The zero-order valence-electron chi connectivity index (χ0n) is 15.4. The van der Waals surface area contributed by atoms with Crippen LogP contribution in [0, 0.1) is 0 Å². The Bertz CT molecular complexity index is 655. The van der Waals surface area contributed by atoms with Crippen molar-refractivity contribution >= 4 is 0 Å². The number of rotatable bonds is 9. The number of unbranched alkanes of at least 4 members (excludes halogenated alkanes) is 1. The molecule has 0 aliphatic heterocycles. The molecule has 0 fully saturated rings. The van der Waals surface area contributed by atoms with E-state index in [1.54, 1.807) is 6.07 Å². The van der Waals surface area contributed by atoms with Gasteiger partial charge in [0, 0.05) is 7.11 Å². The van der Waals surface area contributed by atoms with Gasteiger partial charge >= 0.3 is 23.9 Å². The third-order valence-corrected chi connectivity index (χ3v) is 4.58. The van der Waals surface area contributed by atoms with Gasteiger partial charge in [0.15, 0.2) is 0 Å². The Labute approximate surface area is 156 Å². The van der Waals surface area contributed by atoms with Gasteiger partial charge in [-0.2, -0.15) is 39.5 Å². The van der Waals surface area contributed by atoms with Crippen molar-refractivity contribution in [2.75, 3.05) is 7.11 Å². The van der Waals surface area contributed by atoms with Gasteiger partial charge < -0.3 is 4.74 Å². The van der Waals surface area contributed by atoms with Crippen LogP contribution in [0.1, 0.15) is 44.2 Å². The number of alkyl halides is 9. The molecular weight excluding hydrogens is 403 g/mol. The van der Waals surface area contributed by atoms with E-state index in [-0.39, 0.29) is 5.56 Å². The van der Waals surface area contributed by atoms with E-state index >= 15 is 0 Å². The average Bonchev–Trinajstić information content (AvgIpc) is 2.58. The maximum absolute atomic E-state index is 14.1. The molecule has 1 nitrogen and oxygen atoms in total. The van der Waals surface area contributed by atoms with Crippen molar-refractivity contribution in [2.45, 2.75) is 69.1 Å². The van der Waals surface area contributed by atoms with Crippen LogP contribution >= 0.6 is 0 Å². The topological polar surface area (TPSA) is 9.23 Å². The molecule has 0 radical (unpaired) electrons. The summed E-state index contributed by atoms with van der Waals surface area (Å²) in [5, 5.41) is 0. The highest BCUT2D eigenvalue weighted by atomic mass is 19.4. The van der Waals surface area contributed by atoms with Gasteiger partial charge in [0.25, 0.3) is 0 Å². The van der Waals surface area contributed by atoms with Gasteiger partial charge in [0.2, 0.25) is 0 Å². The predicted octanol–water partition coefficient (Wildman–Crippen LogP) is 6.75. The first kappa shape index (κ1) is 24.6. The van der Waals surface area contributed by atoms with Crippen LogP contribution < -0.4 is 0 Å². The predicted molar refractivity (Wildman–Crippen MR) is 84.9 cm³/mol. The molecule has 162 valence electrons. The molecule has 28 heavy (non-hydrogen) atoms. The molecule has 0 spiro atoms. The lowest BCUT2D eigenvalue weighted by atomic mass is 9.85. The Morgan fingerprint density at radius 1 is 0.893 bits per heavy atom. The van der Waals surface area contributed by atoms with Crippen LogP contribution in [0.2, 0.25) is 0 Å². The van der Waals surface area contributed by atoms with Crippen molar-refractivity contribution < 1.29 is 44.3 Å². The molecule has 0 aliphatic carbocycles. The zero-order chi connectivity index (χ0) is 22.0. The summed E-state index contributed by atoms with van der Waals surface area (Å²) in [5.41, 5.74) is -1.59. The van der Waals surface area contributed by atoms with Crippen molar-refractivity contribution in [2.24, 2.45) is 0 Å². The lowest BCUT2D eigenvalue weighted by molar-refractivity contribution is -0.400. The number of methoxy groups -OCH3 is 1. The van der Waals surface area contributed by atoms with E-state index in [1.807, 2.05) is 6.92 Å². The summed E-state index contributed by atoms with van der Waals surface area (Å²) < 4.78 is 123. The van der Waals surface area contributed by atoms with E-state index in [9.17, 15) is 39.5 Å². The number of hydrogen-bond acceptors (Lipinski definition) is 1. The second-order valence-electron chi connectivity index (χ2n) is 6.77. The van der Waals surface area contributed by atoms with Gasteiger partial charge in [-0.1, -0.05) is 37.6 Å². The second-order valence-corrected chi connectivity index (χ2v) is 6.77. The molecule has 10 heteroatoms. The summed E-state index contributed by atoms with van der Waals surface area (Å²) in [4.78, 5) is 0. The molecule has 0 bridgehead atoms. The van der Waals surface area contributed by atoms with Crippen LogP contribution in [-0.2, 0) is 16.8 Å². The van der Waals surface area contributed by atoms with Crippen LogP contribution in [0.25, 0.3) is 0 Å². The normalized spacial score (nSPS) is 16.1. The smallest absolute Gasteiger partial charge is 0.374 e. The quantitative estimate of drug-likeness (QED) is 0.399. The van der Waals surface area contributed by atoms with E-state index in [1.165, 1.54) is 18.2 Å². The van der Waals surface area contributed by atoms with Gasteiger partial charge in [-0.15, -0.1) is 0 Å². The first-order chi connectivity index (χ1) is 12.6. The SMILES string of the molecule is CCCCc1cccc(C(C)(CC(F)(F)C(F)(F)C(F)(F)C(F)(F)F)OC)c1. The molecule has 0 saturated heterocycles. The molecule has 1 aromatic rings. The van der Waals surface area contributed by atoms with Gasteiger partial charge in [0.1, 0.15) is 0 Å². The summed E-state index contributed by atoms with van der Waals surface area (Å²) in [5.74, 6) is -19.3. The van der Waals surface area contributed by atoms with Crippen LogP contribution in [0.4, 0.5) is 39.5 Å². The Balaban J connectivity index is 3.29. The lowest BCUT2D eigenvalue weighted by Gasteiger charge is -2.38. The summed E-state index contributed by atoms with van der Waals surface area (Å²) in [6.07, 6.45) is -6.81. The summed E-state index contributed by atoms with van der Waals surface area (Å²) in [7, 11) is 0.884. The molecule has 0 N–H and O–H groups in total. The summed E-state index contributed by atoms with van der Waals surface area (Å²) >= 11 is 0. The molecule has 0 aromatic heterocycles. The molecule has 0 aliphatic rings. The number of halogens is 9. The van der Waals surface area contributed by atoms with Crippen LogP contribution in [0.15, 0.2) is 24.3 Å². The molecule has 0 heterocycles. The van der Waals surface area contributed by atoms with Crippen molar-refractivity contribution in [1.82, 2.24) is 0 Å². The molecule has 1 atom stereocenters. The fourth-order valence-electron chi connectivity index (χ4n) is 2.67. The highest BCUT2D eigenvalue weighted by molar-refractivity contribution is 5.29. The third-order valence-electron chi connectivity index (χ3n) is 4.58. The largest absolute Gasteiger partial charge is 0.460 e. The lowest BCUT2D eigenvalue weighted by Crippen LogP contribution is -2.62. The standard InChI is InChI=1S/C18H21F9O/c1-4-5-7-12-8-6-9-13(10-12)14(2,28-3)11-15(19,20)16(21,22)17(23,24)18(25,26)27/h6,8-10H,4-5,7,11H2,1-3H3. The Morgan fingerprint density at radius 2 is 1.46 bits per heavy atom. The minimum Gasteiger partial charge on any atom is -0.374 e. The van der Waals surface area contributed by atoms with E-state index in [4.69, 9.17) is 4.74 Å². The maximum Gasteiger partial charge on any atom is 0.460 e. The van der Waals surface area contributed by atoms with Crippen molar-refractivity contribution in [1.29, 1.82) is 0 Å². The first-order valence-electron chi connectivity index (χ1n) is 8.40. The van der Waals surface area contributed by atoms with Gasteiger partial charge in [-0.25, -0.2) is 0 Å². The van der Waals surface area contributed by atoms with Crippen molar-refractivity contribution in [3.05, 3.63) is 35.4 Å². The Kier molecular flexibility index (Phi) is 7.13. The molecule has 1 unspecified atom stereocenters. The van der Waals surface area contributed by atoms with Gasteiger partial charge in [-0.3, -0.25) is 0 Å². The first-order valence-corrected chi connectivity index (χ1v) is 8.40. The third kappa shape index (κ3) is 4.58. The van der Waals surface area contributed by atoms with E-state index < -0.39 is 36.0 Å². The van der Waals surface area contributed by atoms with Gasteiger partial charge in [0.05, 0.1) is 12.0 Å². The van der Waals surface area contributed by atoms with E-state index in [0.29, 0.717) is 12.0 Å². The molecule has 1 rings (SSSR count). The number of hydrogen-bond donors (Lipinski definition) is 0. The average molecular weight is 424 g/mol. The molecule has 0 saturated carbocycles. The highest BCUT2D eigenvalue weighted by Crippen LogP contribution is 2.56. The fourth-order valence-corrected chi connectivity index (χ4v) is 2.67. The summed E-state index contributed by atoms with van der Waals surface area (Å²) in [6, 6.07) is 5.74. The number of aryl methyl sites for hydroxylation is 1. The highest BCUT2D eigenvalue weighted by Gasteiger charge is 2.82. The molecule has 1 aromatic carbocycles. The van der Waals surface area contributed by atoms with Crippen molar-refractivity contribution in [3.63, 3.8) is 0 Å². The molecular formula is C18H21F9O. The number of ether oxygens (including phenoxy) is 1. The number of benzene rings is 1.